The van der Waals surface area contributed by atoms with E-state index in [0.717, 1.165) is 16.6 Å². The lowest BCUT2D eigenvalue weighted by Gasteiger charge is -2.10. The molecule has 0 atom stereocenters. The number of benzene rings is 3. The van der Waals surface area contributed by atoms with E-state index in [2.05, 4.69) is 10.1 Å². The van der Waals surface area contributed by atoms with E-state index in [4.69, 9.17) is 14.0 Å². The van der Waals surface area contributed by atoms with Gasteiger partial charge in [-0.3, -0.25) is 9.36 Å². The number of aromatic nitrogens is 3. The quantitative estimate of drug-likeness (QED) is 0.382. The predicted molar refractivity (Wildman–Crippen MR) is 126 cm³/mol. The fraction of sp³-hybridized carbons (Fsp3) is 0.115. The Morgan fingerprint density at radius 1 is 0.879 bits per heavy atom. The molecule has 2 heterocycles. The second-order valence-electron chi connectivity index (χ2n) is 7.62. The maximum Gasteiger partial charge on any atom is 0.262 e. The SMILES string of the molecule is COc1cc(OC)cc(-c2noc(-c3cn(-c4ccc(C)cc4)c(=O)c4ccccc34)n2)c1. The fourth-order valence-corrected chi connectivity index (χ4v) is 3.75. The Kier molecular flexibility index (Phi) is 5.14. The normalized spacial score (nSPS) is 11.0. The van der Waals surface area contributed by atoms with Crippen LogP contribution in [-0.2, 0) is 0 Å². The molecule has 0 saturated carbocycles. The number of aryl methyl sites for hydroxylation is 1. The van der Waals surface area contributed by atoms with Crippen LogP contribution < -0.4 is 15.0 Å². The molecule has 33 heavy (non-hydrogen) atoms. The van der Waals surface area contributed by atoms with Crippen molar-refractivity contribution in [3.8, 4) is 40.0 Å². The van der Waals surface area contributed by atoms with Crippen LogP contribution in [0.25, 0.3) is 39.3 Å². The zero-order chi connectivity index (χ0) is 22.9. The van der Waals surface area contributed by atoms with Gasteiger partial charge in [0, 0.05) is 34.3 Å². The lowest BCUT2D eigenvalue weighted by Crippen LogP contribution is -2.18. The van der Waals surface area contributed by atoms with E-state index in [-0.39, 0.29) is 5.56 Å². The van der Waals surface area contributed by atoms with Crippen molar-refractivity contribution in [3.05, 3.63) is 88.8 Å². The monoisotopic (exact) mass is 439 g/mol. The van der Waals surface area contributed by atoms with Gasteiger partial charge >= 0.3 is 0 Å². The molecule has 0 aliphatic carbocycles. The number of nitrogens with zero attached hydrogens (tertiary/aromatic N) is 3. The molecule has 0 bridgehead atoms. The number of pyridine rings is 1. The first-order valence-corrected chi connectivity index (χ1v) is 10.4. The van der Waals surface area contributed by atoms with Crippen molar-refractivity contribution in [2.75, 3.05) is 14.2 Å². The molecule has 0 N–H and O–H groups in total. The molecule has 0 fully saturated rings. The first-order chi connectivity index (χ1) is 16.1. The van der Waals surface area contributed by atoms with E-state index in [1.807, 2.05) is 61.5 Å². The molecule has 0 radical (unpaired) electrons. The maximum atomic E-state index is 13.2. The molecule has 3 aromatic carbocycles. The molecular formula is C26H21N3O4. The van der Waals surface area contributed by atoms with Crippen LogP contribution in [0, 0.1) is 6.92 Å². The largest absolute Gasteiger partial charge is 0.497 e. The van der Waals surface area contributed by atoms with Gasteiger partial charge in [0.15, 0.2) is 0 Å². The summed E-state index contributed by atoms with van der Waals surface area (Å²) in [5.74, 6) is 1.94. The van der Waals surface area contributed by atoms with Crippen LogP contribution in [0.3, 0.4) is 0 Å². The van der Waals surface area contributed by atoms with E-state index >= 15 is 0 Å². The minimum atomic E-state index is -0.115. The fourth-order valence-electron chi connectivity index (χ4n) is 3.75. The van der Waals surface area contributed by atoms with E-state index in [9.17, 15) is 4.79 Å². The number of hydrogen-bond acceptors (Lipinski definition) is 6. The molecule has 0 spiro atoms. The first-order valence-electron chi connectivity index (χ1n) is 10.4. The summed E-state index contributed by atoms with van der Waals surface area (Å²) in [5, 5.41) is 5.48. The second-order valence-corrected chi connectivity index (χ2v) is 7.62. The topological polar surface area (TPSA) is 79.4 Å². The highest BCUT2D eigenvalue weighted by Crippen LogP contribution is 2.31. The highest BCUT2D eigenvalue weighted by Gasteiger charge is 2.18. The predicted octanol–water partition coefficient (Wildman–Crippen LogP) is 5.03. The van der Waals surface area contributed by atoms with Crippen molar-refractivity contribution in [3.63, 3.8) is 0 Å². The van der Waals surface area contributed by atoms with Crippen molar-refractivity contribution in [2.24, 2.45) is 0 Å². The van der Waals surface area contributed by atoms with Gasteiger partial charge in [0.2, 0.25) is 5.82 Å². The molecule has 7 heteroatoms. The summed E-state index contributed by atoms with van der Waals surface area (Å²) in [5.41, 5.74) is 3.12. The summed E-state index contributed by atoms with van der Waals surface area (Å²) in [4.78, 5) is 17.9. The lowest BCUT2D eigenvalue weighted by molar-refractivity contribution is 0.394. The number of hydrogen-bond donors (Lipinski definition) is 0. The van der Waals surface area contributed by atoms with Crippen LogP contribution in [-0.4, -0.2) is 28.9 Å². The molecular weight excluding hydrogens is 418 g/mol. The van der Waals surface area contributed by atoms with Gasteiger partial charge in [-0.25, -0.2) is 0 Å². The summed E-state index contributed by atoms with van der Waals surface area (Å²) in [6.07, 6.45) is 1.75. The maximum absolute atomic E-state index is 13.2. The van der Waals surface area contributed by atoms with E-state index in [1.165, 1.54) is 0 Å². The van der Waals surface area contributed by atoms with Crippen LogP contribution >= 0.6 is 0 Å². The van der Waals surface area contributed by atoms with Crippen LogP contribution in [0.5, 0.6) is 11.5 Å². The molecule has 0 saturated heterocycles. The van der Waals surface area contributed by atoms with Crippen molar-refractivity contribution in [1.82, 2.24) is 14.7 Å². The van der Waals surface area contributed by atoms with Crippen molar-refractivity contribution in [2.45, 2.75) is 6.92 Å². The van der Waals surface area contributed by atoms with Gasteiger partial charge < -0.3 is 14.0 Å². The Balaban J connectivity index is 1.69. The summed E-state index contributed by atoms with van der Waals surface area (Å²) >= 11 is 0. The van der Waals surface area contributed by atoms with Gasteiger partial charge in [-0.15, -0.1) is 0 Å². The number of fused-ring (bicyclic) bond motifs is 1. The molecule has 5 rings (SSSR count). The summed E-state index contributed by atoms with van der Waals surface area (Å²) < 4.78 is 18.0. The molecule has 0 amide bonds. The smallest absolute Gasteiger partial charge is 0.262 e. The summed E-state index contributed by atoms with van der Waals surface area (Å²) in [7, 11) is 3.17. The van der Waals surface area contributed by atoms with Gasteiger partial charge in [-0.1, -0.05) is 41.1 Å². The number of ether oxygens (including phenoxy) is 2. The average Bonchev–Trinajstić information content (AvgIpc) is 3.35. The van der Waals surface area contributed by atoms with Crippen LogP contribution in [0.15, 0.2) is 82.2 Å². The second kappa shape index (κ2) is 8.27. The Bertz CT molecular complexity index is 1500. The third-order valence-corrected chi connectivity index (χ3v) is 5.50. The Morgan fingerprint density at radius 2 is 1.55 bits per heavy atom. The van der Waals surface area contributed by atoms with Crippen LogP contribution in [0.1, 0.15) is 5.56 Å². The Hall–Kier alpha value is -4.39. The van der Waals surface area contributed by atoms with E-state index < -0.39 is 0 Å². The van der Waals surface area contributed by atoms with Gasteiger partial charge in [-0.05, 0) is 37.3 Å². The van der Waals surface area contributed by atoms with Gasteiger partial charge in [0.05, 0.1) is 19.8 Å². The van der Waals surface area contributed by atoms with Crippen molar-refractivity contribution in [1.29, 1.82) is 0 Å². The third-order valence-electron chi connectivity index (χ3n) is 5.50. The van der Waals surface area contributed by atoms with Crippen molar-refractivity contribution < 1.29 is 14.0 Å². The number of methoxy groups -OCH3 is 2. The molecule has 164 valence electrons. The minimum Gasteiger partial charge on any atom is -0.497 e. The van der Waals surface area contributed by atoms with Gasteiger partial charge in [0.1, 0.15) is 11.5 Å². The van der Waals surface area contributed by atoms with Gasteiger partial charge in [-0.2, -0.15) is 4.98 Å². The van der Waals surface area contributed by atoms with E-state index in [1.54, 1.807) is 37.1 Å². The van der Waals surface area contributed by atoms with Crippen molar-refractivity contribution >= 4 is 10.8 Å². The van der Waals surface area contributed by atoms with Crippen LogP contribution in [0.4, 0.5) is 0 Å². The molecule has 0 aliphatic rings. The molecule has 0 aliphatic heterocycles. The van der Waals surface area contributed by atoms with Crippen LogP contribution in [0.2, 0.25) is 0 Å². The zero-order valence-corrected chi connectivity index (χ0v) is 18.4. The average molecular weight is 439 g/mol. The Labute approximate surface area is 189 Å². The third kappa shape index (κ3) is 3.74. The van der Waals surface area contributed by atoms with E-state index in [0.29, 0.717) is 39.7 Å². The Morgan fingerprint density at radius 3 is 2.21 bits per heavy atom. The molecule has 2 aromatic heterocycles. The first kappa shape index (κ1) is 20.5. The lowest BCUT2D eigenvalue weighted by atomic mass is 10.1. The summed E-state index contributed by atoms with van der Waals surface area (Å²) in [6, 6.07) is 20.6. The zero-order valence-electron chi connectivity index (χ0n) is 18.4. The van der Waals surface area contributed by atoms with Gasteiger partial charge in [0.25, 0.3) is 11.4 Å². The standard InChI is InChI=1S/C26H21N3O4/c1-16-8-10-18(11-9-16)29-15-23(21-6-4-5-7-22(21)26(29)30)25-27-24(28-33-25)17-12-19(31-2)14-20(13-17)32-3/h4-15H,1-3H3. The highest BCUT2D eigenvalue weighted by atomic mass is 16.5. The summed E-state index contributed by atoms with van der Waals surface area (Å²) in [6.45, 7) is 2.01. The minimum absolute atomic E-state index is 0.115. The molecule has 7 nitrogen and oxygen atoms in total. The number of rotatable bonds is 5. The molecule has 0 unspecified atom stereocenters. The molecule has 5 aromatic rings. The highest BCUT2D eigenvalue weighted by molar-refractivity contribution is 5.94.